The molecule has 4 aromatic carbocycles. The van der Waals surface area contributed by atoms with Gasteiger partial charge in [-0.2, -0.15) is 0 Å². The van der Waals surface area contributed by atoms with Crippen LogP contribution in [0.2, 0.25) is 0 Å². The summed E-state index contributed by atoms with van der Waals surface area (Å²) in [5.41, 5.74) is 2.41. The molecule has 1 heterocycles. The summed E-state index contributed by atoms with van der Waals surface area (Å²) in [5.74, 6) is -1.83. The van der Waals surface area contributed by atoms with Crippen LogP contribution in [0.15, 0.2) is 103 Å². The fourth-order valence-corrected chi connectivity index (χ4v) is 3.85. The predicted molar refractivity (Wildman–Crippen MR) is 133 cm³/mol. The van der Waals surface area contributed by atoms with Crippen LogP contribution in [0.25, 0.3) is 0 Å². The van der Waals surface area contributed by atoms with Crippen LogP contribution in [0.4, 0.5) is 17.1 Å². The van der Waals surface area contributed by atoms with Gasteiger partial charge < -0.3 is 10.6 Å². The molecule has 0 bridgehead atoms. The molecular formula is C28H19N3O4. The predicted octanol–water partition coefficient (Wildman–Crippen LogP) is 4.99. The Morgan fingerprint density at radius 2 is 1.09 bits per heavy atom. The third kappa shape index (κ3) is 4.30. The van der Waals surface area contributed by atoms with Gasteiger partial charge in [-0.1, -0.05) is 42.5 Å². The minimum absolute atomic E-state index is 0.134. The van der Waals surface area contributed by atoms with E-state index < -0.39 is 17.7 Å². The molecule has 0 radical (unpaired) electrons. The molecule has 2 N–H and O–H groups in total. The molecule has 1 aliphatic rings. The van der Waals surface area contributed by atoms with E-state index in [-0.39, 0.29) is 28.3 Å². The standard InChI is InChI=1S/C28H19N3O4/c32-25(29-20-9-3-1-4-10-20)18-8-7-13-22(16-18)31-27(34)23-15-14-19(17-24(23)28(31)35)26(33)30-21-11-5-2-6-12-21/h1-17H,(H,29,32)(H,30,33). The van der Waals surface area contributed by atoms with Gasteiger partial charge in [0.25, 0.3) is 23.6 Å². The van der Waals surface area contributed by atoms with E-state index in [9.17, 15) is 19.2 Å². The van der Waals surface area contributed by atoms with Gasteiger partial charge in [0.2, 0.25) is 0 Å². The van der Waals surface area contributed by atoms with Crippen LogP contribution in [0, 0.1) is 0 Å². The van der Waals surface area contributed by atoms with E-state index in [4.69, 9.17) is 0 Å². The third-order valence-corrected chi connectivity index (χ3v) is 5.58. The number of carbonyl (C=O) groups excluding carboxylic acids is 4. The van der Waals surface area contributed by atoms with E-state index in [2.05, 4.69) is 10.6 Å². The molecule has 170 valence electrons. The second kappa shape index (κ2) is 9.07. The Balaban J connectivity index is 1.39. The first-order chi connectivity index (χ1) is 17.0. The topological polar surface area (TPSA) is 95.6 Å². The van der Waals surface area contributed by atoms with Crippen molar-refractivity contribution in [2.24, 2.45) is 0 Å². The van der Waals surface area contributed by atoms with E-state index in [1.54, 1.807) is 66.7 Å². The molecule has 1 aliphatic heterocycles. The lowest BCUT2D eigenvalue weighted by atomic mass is 10.1. The molecule has 7 nitrogen and oxygen atoms in total. The van der Waals surface area contributed by atoms with Crippen molar-refractivity contribution < 1.29 is 19.2 Å². The summed E-state index contributed by atoms with van der Waals surface area (Å²) >= 11 is 0. The summed E-state index contributed by atoms with van der Waals surface area (Å²) in [6, 6.07) is 28.6. The minimum atomic E-state index is -0.556. The van der Waals surface area contributed by atoms with E-state index in [0.29, 0.717) is 16.9 Å². The Kier molecular flexibility index (Phi) is 5.65. The van der Waals surface area contributed by atoms with Crippen molar-refractivity contribution in [1.29, 1.82) is 0 Å². The second-order valence-corrected chi connectivity index (χ2v) is 7.90. The first-order valence-corrected chi connectivity index (χ1v) is 10.9. The summed E-state index contributed by atoms with van der Waals surface area (Å²) in [4.78, 5) is 52.6. The first kappa shape index (κ1) is 21.8. The SMILES string of the molecule is O=C(Nc1ccccc1)c1cccc(N2C(=O)c3ccc(C(=O)Nc4ccccc4)cc3C2=O)c1. The Hall–Kier alpha value is -5.04. The van der Waals surface area contributed by atoms with Crippen molar-refractivity contribution in [3.8, 4) is 0 Å². The van der Waals surface area contributed by atoms with Gasteiger partial charge in [0, 0.05) is 22.5 Å². The summed E-state index contributed by atoms with van der Waals surface area (Å²) in [7, 11) is 0. The Labute approximate surface area is 201 Å². The van der Waals surface area contributed by atoms with Gasteiger partial charge in [0.05, 0.1) is 16.8 Å². The fourth-order valence-electron chi connectivity index (χ4n) is 3.85. The number of hydrogen-bond acceptors (Lipinski definition) is 4. The van der Waals surface area contributed by atoms with Gasteiger partial charge in [-0.05, 0) is 60.7 Å². The normalized spacial score (nSPS) is 12.3. The molecule has 0 aromatic heterocycles. The fraction of sp³-hybridized carbons (Fsp3) is 0. The molecule has 7 heteroatoms. The monoisotopic (exact) mass is 461 g/mol. The Morgan fingerprint density at radius 1 is 0.543 bits per heavy atom. The average Bonchev–Trinajstić information content (AvgIpc) is 3.14. The minimum Gasteiger partial charge on any atom is -0.322 e. The lowest BCUT2D eigenvalue weighted by Crippen LogP contribution is -2.29. The molecular weight excluding hydrogens is 442 g/mol. The van der Waals surface area contributed by atoms with Gasteiger partial charge >= 0.3 is 0 Å². The third-order valence-electron chi connectivity index (χ3n) is 5.58. The summed E-state index contributed by atoms with van der Waals surface area (Å²) in [6.45, 7) is 0. The molecule has 0 spiro atoms. The van der Waals surface area contributed by atoms with Gasteiger partial charge in [-0.15, -0.1) is 0 Å². The highest BCUT2D eigenvalue weighted by molar-refractivity contribution is 6.35. The van der Waals surface area contributed by atoms with Crippen molar-refractivity contribution in [3.05, 3.63) is 125 Å². The zero-order valence-corrected chi connectivity index (χ0v) is 18.4. The molecule has 4 aromatic rings. The average molecular weight is 461 g/mol. The number of amides is 4. The number of para-hydroxylation sites is 2. The Bertz CT molecular complexity index is 1470. The number of benzene rings is 4. The lowest BCUT2D eigenvalue weighted by molar-refractivity contribution is 0.0923. The van der Waals surface area contributed by atoms with E-state index in [1.165, 1.54) is 24.3 Å². The van der Waals surface area contributed by atoms with Gasteiger partial charge in [-0.25, -0.2) is 4.90 Å². The quantitative estimate of drug-likeness (QED) is 0.409. The largest absolute Gasteiger partial charge is 0.322 e. The second-order valence-electron chi connectivity index (χ2n) is 7.90. The highest BCUT2D eigenvalue weighted by Crippen LogP contribution is 2.30. The maximum absolute atomic E-state index is 13.2. The van der Waals surface area contributed by atoms with Crippen LogP contribution in [0.5, 0.6) is 0 Å². The van der Waals surface area contributed by atoms with E-state index in [0.717, 1.165) is 4.90 Å². The number of imide groups is 1. The highest BCUT2D eigenvalue weighted by Gasteiger charge is 2.37. The van der Waals surface area contributed by atoms with Crippen LogP contribution < -0.4 is 15.5 Å². The maximum atomic E-state index is 13.2. The molecule has 0 fully saturated rings. The van der Waals surface area contributed by atoms with Crippen LogP contribution in [0.1, 0.15) is 41.4 Å². The molecule has 0 unspecified atom stereocenters. The summed E-state index contributed by atoms with van der Waals surface area (Å²) < 4.78 is 0. The molecule has 4 amide bonds. The number of hydrogen-bond donors (Lipinski definition) is 2. The van der Waals surface area contributed by atoms with Crippen molar-refractivity contribution in [1.82, 2.24) is 0 Å². The number of anilines is 3. The number of rotatable bonds is 5. The van der Waals surface area contributed by atoms with Gasteiger partial charge in [-0.3, -0.25) is 19.2 Å². The van der Waals surface area contributed by atoms with Crippen molar-refractivity contribution in [2.75, 3.05) is 15.5 Å². The van der Waals surface area contributed by atoms with Gasteiger partial charge in [0.1, 0.15) is 0 Å². The molecule has 0 saturated carbocycles. The number of nitrogens with zero attached hydrogens (tertiary/aromatic N) is 1. The summed E-state index contributed by atoms with van der Waals surface area (Å²) in [5, 5.41) is 5.55. The van der Waals surface area contributed by atoms with Crippen LogP contribution >= 0.6 is 0 Å². The molecule has 35 heavy (non-hydrogen) atoms. The highest BCUT2D eigenvalue weighted by atomic mass is 16.2. The number of carbonyl (C=O) groups is 4. The molecule has 5 rings (SSSR count). The molecule has 0 aliphatic carbocycles. The van der Waals surface area contributed by atoms with Crippen LogP contribution in [0.3, 0.4) is 0 Å². The lowest BCUT2D eigenvalue weighted by Gasteiger charge is -2.15. The number of fused-ring (bicyclic) bond motifs is 1. The van der Waals surface area contributed by atoms with Crippen LogP contribution in [-0.2, 0) is 0 Å². The maximum Gasteiger partial charge on any atom is 0.266 e. The van der Waals surface area contributed by atoms with E-state index in [1.807, 2.05) is 12.1 Å². The van der Waals surface area contributed by atoms with Crippen molar-refractivity contribution in [3.63, 3.8) is 0 Å². The Morgan fingerprint density at radius 3 is 1.69 bits per heavy atom. The van der Waals surface area contributed by atoms with Gasteiger partial charge in [0.15, 0.2) is 0 Å². The van der Waals surface area contributed by atoms with Crippen molar-refractivity contribution >= 4 is 40.7 Å². The van der Waals surface area contributed by atoms with E-state index >= 15 is 0 Å². The summed E-state index contributed by atoms with van der Waals surface area (Å²) in [6.07, 6.45) is 0. The van der Waals surface area contributed by atoms with Crippen LogP contribution in [-0.4, -0.2) is 23.6 Å². The van der Waals surface area contributed by atoms with Crippen molar-refractivity contribution in [2.45, 2.75) is 0 Å². The zero-order valence-electron chi connectivity index (χ0n) is 18.4. The molecule has 0 saturated heterocycles. The first-order valence-electron chi connectivity index (χ1n) is 10.9. The smallest absolute Gasteiger partial charge is 0.266 e. The zero-order chi connectivity index (χ0) is 24.4. The molecule has 0 atom stereocenters. The number of nitrogens with one attached hydrogen (secondary N) is 2.